The Bertz CT molecular complexity index is 683. The minimum absolute atomic E-state index is 0.0329. The molecule has 0 unspecified atom stereocenters. The Hall–Kier alpha value is -2.35. The van der Waals surface area contributed by atoms with Crippen LogP contribution in [0, 0.1) is 6.92 Å². The van der Waals surface area contributed by atoms with Crippen LogP contribution < -0.4 is 5.32 Å². The van der Waals surface area contributed by atoms with E-state index in [4.69, 9.17) is 9.26 Å². The maximum atomic E-state index is 11.8. The number of carbonyl (C=O) groups excluding carboxylic acids is 2. The highest BCUT2D eigenvalue weighted by Crippen LogP contribution is 2.22. The van der Waals surface area contributed by atoms with E-state index in [2.05, 4.69) is 26.4 Å². The van der Waals surface area contributed by atoms with E-state index in [1.165, 1.54) is 18.2 Å². The summed E-state index contributed by atoms with van der Waals surface area (Å²) in [6.07, 6.45) is 0. The quantitative estimate of drug-likeness (QED) is 0.816. The van der Waals surface area contributed by atoms with E-state index in [0.29, 0.717) is 10.2 Å². The minimum Gasteiger partial charge on any atom is -0.507 e. The van der Waals surface area contributed by atoms with Gasteiger partial charge in [0.1, 0.15) is 17.1 Å². The molecule has 21 heavy (non-hydrogen) atoms. The monoisotopic (exact) mass is 354 g/mol. The average molecular weight is 355 g/mol. The number of hydrogen-bond acceptors (Lipinski definition) is 6. The molecule has 0 atom stereocenters. The number of aromatic hydroxyl groups is 1. The fourth-order valence-electron chi connectivity index (χ4n) is 1.48. The summed E-state index contributed by atoms with van der Waals surface area (Å²) < 4.78 is 10.2. The first-order valence-electron chi connectivity index (χ1n) is 5.84. The normalized spacial score (nSPS) is 10.2. The van der Waals surface area contributed by atoms with Gasteiger partial charge in [-0.2, -0.15) is 0 Å². The molecule has 0 aliphatic carbocycles. The van der Waals surface area contributed by atoms with Crippen LogP contribution in [0.15, 0.2) is 33.3 Å². The first-order chi connectivity index (χ1) is 9.95. The van der Waals surface area contributed by atoms with Crippen molar-refractivity contribution in [1.29, 1.82) is 0 Å². The molecule has 0 radical (unpaired) electrons. The van der Waals surface area contributed by atoms with Gasteiger partial charge in [-0.1, -0.05) is 21.1 Å². The Balaban J connectivity index is 1.91. The van der Waals surface area contributed by atoms with Gasteiger partial charge in [-0.05, 0) is 25.1 Å². The first-order valence-corrected chi connectivity index (χ1v) is 6.64. The van der Waals surface area contributed by atoms with Crippen molar-refractivity contribution in [2.75, 3.05) is 11.9 Å². The topological polar surface area (TPSA) is 102 Å². The van der Waals surface area contributed by atoms with Crippen molar-refractivity contribution in [2.45, 2.75) is 6.92 Å². The Morgan fingerprint density at radius 3 is 2.86 bits per heavy atom. The second-order valence-corrected chi connectivity index (χ2v) is 5.02. The summed E-state index contributed by atoms with van der Waals surface area (Å²) in [5, 5.41) is 15.5. The van der Waals surface area contributed by atoms with Crippen LogP contribution in [-0.2, 0) is 9.53 Å². The van der Waals surface area contributed by atoms with Gasteiger partial charge in [-0.3, -0.25) is 4.79 Å². The number of phenolic OH excluding ortho intramolecular Hbond substituents is 1. The second kappa shape index (κ2) is 6.40. The molecule has 110 valence electrons. The molecule has 2 aromatic rings. The van der Waals surface area contributed by atoms with Gasteiger partial charge in [-0.15, -0.1) is 0 Å². The van der Waals surface area contributed by atoms with Crippen LogP contribution in [-0.4, -0.2) is 28.7 Å². The zero-order valence-electron chi connectivity index (χ0n) is 10.9. The predicted molar refractivity (Wildman–Crippen MR) is 76.0 cm³/mol. The summed E-state index contributed by atoms with van der Waals surface area (Å²) in [4.78, 5) is 23.3. The highest BCUT2D eigenvalue weighted by Gasteiger charge is 2.15. The number of halogens is 1. The molecular formula is C13H11BrN2O5. The SMILES string of the molecule is Cc1cc(NC(=O)COC(=O)c2cc(Br)ccc2O)no1. The number of hydrogen-bond donors (Lipinski definition) is 2. The summed E-state index contributed by atoms with van der Waals surface area (Å²) in [5.74, 6) is -0.817. The van der Waals surface area contributed by atoms with Crippen molar-refractivity contribution < 1.29 is 24.0 Å². The number of carbonyl (C=O) groups is 2. The lowest BCUT2D eigenvalue weighted by Gasteiger charge is -2.06. The number of nitrogens with zero attached hydrogens (tertiary/aromatic N) is 1. The zero-order chi connectivity index (χ0) is 15.4. The molecule has 0 aliphatic heterocycles. The smallest absolute Gasteiger partial charge is 0.342 e. The van der Waals surface area contributed by atoms with E-state index >= 15 is 0 Å². The molecule has 0 aliphatic rings. The van der Waals surface area contributed by atoms with Gasteiger partial charge in [0.05, 0.1) is 0 Å². The van der Waals surface area contributed by atoms with Gasteiger partial charge in [0.15, 0.2) is 12.4 Å². The Morgan fingerprint density at radius 2 is 2.19 bits per heavy atom. The number of phenols is 1. The van der Waals surface area contributed by atoms with Crippen molar-refractivity contribution >= 4 is 33.6 Å². The van der Waals surface area contributed by atoms with Gasteiger partial charge in [0.2, 0.25) is 0 Å². The van der Waals surface area contributed by atoms with Crippen molar-refractivity contribution in [1.82, 2.24) is 5.16 Å². The molecule has 1 aromatic carbocycles. The lowest BCUT2D eigenvalue weighted by atomic mass is 10.2. The third kappa shape index (κ3) is 4.06. The van der Waals surface area contributed by atoms with Crippen LogP contribution in [0.4, 0.5) is 5.82 Å². The number of nitrogens with one attached hydrogen (secondary N) is 1. The summed E-state index contributed by atoms with van der Waals surface area (Å²) in [6, 6.07) is 5.85. The number of ether oxygens (including phenoxy) is 1. The van der Waals surface area contributed by atoms with Crippen LogP contribution >= 0.6 is 15.9 Å². The van der Waals surface area contributed by atoms with Crippen molar-refractivity contribution in [3.63, 3.8) is 0 Å². The third-order valence-corrected chi connectivity index (χ3v) is 2.90. The molecule has 8 heteroatoms. The lowest BCUT2D eigenvalue weighted by Crippen LogP contribution is -2.21. The number of esters is 1. The largest absolute Gasteiger partial charge is 0.507 e. The predicted octanol–water partition coefficient (Wildman–Crippen LogP) is 2.25. The summed E-state index contributed by atoms with van der Waals surface area (Å²) >= 11 is 3.17. The summed E-state index contributed by atoms with van der Waals surface area (Å²) in [5.41, 5.74) is -0.0329. The first kappa shape index (κ1) is 15.0. The second-order valence-electron chi connectivity index (χ2n) is 4.11. The Labute approximate surface area is 128 Å². The minimum atomic E-state index is -0.805. The highest BCUT2D eigenvalue weighted by atomic mass is 79.9. The molecule has 1 amide bonds. The van der Waals surface area contributed by atoms with Crippen LogP contribution in [0.1, 0.15) is 16.1 Å². The zero-order valence-corrected chi connectivity index (χ0v) is 12.5. The molecule has 0 spiro atoms. The van der Waals surface area contributed by atoms with Crippen molar-refractivity contribution in [3.05, 3.63) is 40.1 Å². The number of benzene rings is 1. The van der Waals surface area contributed by atoms with Crippen LogP contribution in [0.5, 0.6) is 5.75 Å². The average Bonchev–Trinajstić information content (AvgIpc) is 2.84. The molecule has 0 saturated heterocycles. The fraction of sp³-hybridized carbons (Fsp3) is 0.154. The van der Waals surface area contributed by atoms with E-state index < -0.39 is 18.5 Å². The van der Waals surface area contributed by atoms with Crippen LogP contribution in [0.2, 0.25) is 0 Å². The highest BCUT2D eigenvalue weighted by molar-refractivity contribution is 9.10. The molecule has 7 nitrogen and oxygen atoms in total. The fourth-order valence-corrected chi connectivity index (χ4v) is 1.85. The van der Waals surface area contributed by atoms with Crippen molar-refractivity contribution in [3.8, 4) is 5.75 Å². The number of amides is 1. The Kier molecular flexibility index (Phi) is 4.59. The maximum Gasteiger partial charge on any atom is 0.342 e. The van der Waals surface area contributed by atoms with Gasteiger partial charge >= 0.3 is 5.97 Å². The number of aromatic nitrogens is 1. The standard InChI is InChI=1S/C13H11BrN2O5/c1-7-4-11(16-21-7)15-12(18)6-20-13(19)9-5-8(14)2-3-10(9)17/h2-5,17H,6H2,1H3,(H,15,16,18). The third-order valence-electron chi connectivity index (χ3n) is 2.41. The van der Waals surface area contributed by atoms with E-state index in [-0.39, 0.29) is 17.1 Å². The number of rotatable bonds is 4. The van der Waals surface area contributed by atoms with E-state index in [1.807, 2.05) is 0 Å². The molecule has 0 fully saturated rings. The van der Waals surface area contributed by atoms with Gasteiger partial charge in [-0.25, -0.2) is 4.79 Å². The molecular weight excluding hydrogens is 344 g/mol. The molecule has 2 rings (SSSR count). The molecule has 0 bridgehead atoms. The number of anilines is 1. The molecule has 1 aromatic heterocycles. The summed E-state index contributed by atoms with van der Waals surface area (Å²) in [6.45, 7) is 1.18. The molecule has 1 heterocycles. The van der Waals surface area contributed by atoms with Gasteiger partial charge in [0.25, 0.3) is 5.91 Å². The van der Waals surface area contributed by atoms with Gasteiger partial charge in [0, 0.05) is 10.5 Å². The van der Waals surface area contributed by atoms with E-state index in [1.54, 1.807) is 13.0 Å². The van der Waals surface area contributed by atoms with Crippen molar-refractivity contribution in [2.24, 2.45) is 0 Å². The van der Waals surface area contributed by atoms with Crippen LogP contribution in [0.3, 0.4) is 0 Å². The lowest BCUT2D eigenvalue weighted by molar-refractivity contribution is -0.119. The number of aryl methyl sites for hydroxylation is 1. The molecule has 2 N–H and O–H groups in total. The van der Waals surface area contributed by atoms with E-state index in [0.717, 1.165) is 0 Å². The Morgan fingerprint density at radius 1 is 1.43 bits per heavy atom. The van der Waals surface area contributed by atoms with Crippen LogP contribution in [0.25, 0.3) is 0 Å². The van der Waals surface area contributed by atoms with E-state index in [9.17, 15) is 14.7 Å². The summed E-state index contributed by atoms with van der Waals surface area (Å²) in [7, 11) is 0. The molecule has 0 saturated carbocycles. The van der Waals surface area contributed by atoms with Gasteiger partial charge < -0.3 is 19.7 Å². The maximum absolute atomic E-state index is 11.8.